The van der Waals surface area contributed by atoms with Crippen LogP contribution in [0.5, 0.6) is 0 Å². The molecule has 1 atom stereocenters. The molecule has 0 radical (unpaired) electrons. The first kappa shape index (κ1) is 13.3. The van der Waals surface area contributed by atoms with E-state index in [9.17, 15) is 9.59 Å². The average molecular weight is 254 g/mol. The second-order valence-electron chi connectivity index (χ2n) is 5.58. The number of carbonyl (C=O) groups is 2. The predicted molar refractivity (Wildman–Crippen MR) is 66.9 cm³/mol. The molecule has 0 aliphatic carbocycles. The molecule has 0 saturated carbocycles. The molecule has 0 aromatic carbocycles. The first-order chi connectivity index (χ1) is 8.57. The molecule has 102 valence electrons. The van der Waals surface area contributed by atoms with Crippen molar-refractivity contribution in [1.82, 2.24) is 10.2 Å². The van der Waals surface area contributed by atoms with Gasteiger partial charge in [-0.2, -0.15) is 0 Å². The molecule has 2 heterocycles. The fourth-order valence-corrected chi connectivity index (χ4v) is 2.87. The van der Waals surface area contributed by atoms with Gasteiger partial charge in [-0.05, 0) is 32.7 Å². The van der Waals surface area contributed by atoms with Gasteiger partial charge in [-0.1, -0.05) is 0 Å². The van der Waals surface area contributed by atoms with Gasteiger partial charge in [0.25, 0.3) is 0 Å². The lowest BCUT2D eigenvalue weighted by Gasteiger charge is -2.35. The zero-order chi connectivity index (χ0) is 13.2. The highest BCUT2D eigenvalue weighted by Gasteiger charge is 2.40. The minimum atomic E-state index is -0.252. The summed E-state index contributed by atoms with van der Waals surface area (Å²) in [6.45, 7) is 5.06. The fourth-order valence-electron chi connectivity index (χ4n) is 2.87. The van der Waals surface area contributed by atoms with Gasteiger partial charge in [0.1, 0.15) is 0 Å². The highest BCUT2D eigenvalue weighted by molar-refractivity contribution is 5.83. The first-order valence-electron chi connectivity index (χ1n) is 6.65. The molecule has 5 nitrogen and oxygen atoms in total. The maximum Gasteiger partial charge on any atom is 0.308 e. The van der Waals surface area contributed by atoms with Gasteiger partial charge in [0, 0.05) is 19.6 Å². The van der Waals surface area contributed by atoms with Gasteiger partial charge in [0.15, 0.2) is 0 Å². The number of nitrogens with one attached hydrogen (secondary N) is 1. The molecule has 0 aromatic rings. The molecular formula is C13H22N2O3. The van der Waals surface area contributed by atoms with Crippen LogP contribution in [0.4, 0.5) is 0 Å². The third-order valence-corrected chi connectivity index (χ3v) is 4.20. The van der Waals surface area contributed by atoms with Crippen LogP contribution in [0.1, 0.15) is 26.2 Å². The monoisotopic (exact) mass is 254 g/mol. The molecule has 1 N–H and O–H groups in total. The Hall–Kier alpha value is -1.10. The number of amides is 1. The van der Waals surface area contributed by atoms with E-state index >= 15 is 0 Å². The second-order valence-corrected chi connectivity index (χ2v) is 5.58. The van der Waals surface area contributed by atoms with Gasteiger partial charge >= 0.3 is 5.97 Å². The molecular weight excluding hydrogens is 232 g/mol. The van der Waals surface area contributed by atoms with Crippen LogP contribution in [0.2, 0.25) is 0 Å². The Balaban J connectivity index is 1.89. The lowest BCUT2D eigenvalue weighted by atomic mass is 9.86. The molecule has 2 fully saturated rings. The number of likely N-dealkylation sites (tertiary alicyclic amines) is 1. The van der Waals surface area contributed by atoms with Crippen LogP contribution in [0, 0.1) is 11.3 Å². The molecule has 2 saturated heterocycles. The molecule has 2 rings (SSSR count). The van der Waals surface area contributed by atoms with E-state index in [0.29, 0.717) is 13.1 Å². The van der Waals surface area contributed by atoms with E-state index < -0.39 is 0 Å². The van der Waals surface area contributed by atoms with Gasteiger partial charge in [-0.25, -0.2) is 0 Å². The SMILES string of the molecule is COC(=O)C1CCN(C(=O)C2(C)CCNC2)CC1. The summed E-state index contributed by atoms with van der Waals surface area (Å²) < 4.78 is 4.75. The number of ether oxygens (including phenoxy) is 1. The van der Waals surface area contributed by atoms with Crippen molar-refractivity contribution in [3.05, 3.63) is 0 Å². The van der Waals surface area contributed by atoms with E-state index in [0.717, 1.165) is 32.4 Å². The standard InChI is InChI=1S/C13H22N2O3/c1-13(5-6-14-9-13)12(17)15-7-3-10(4-8-15)11(16)18-2/h10,14H,3-9H2,1-2H3. The Kier molecular flexibility index (Phi) is 3.90. The van der Waals surface area contributed by atoms with E-state index in [4.69, 9.17) is 4.74 Å². The summed E-state index contributed by atoms with van der Waals surface area (Å²) in [5, 5.41) is 3.25. The minimum absolute atomic E-state index is 0.0337. The number of methoxy groups -OCH3 is 1. The number of esters is 1. The number of rotatable bonds is 2. The third-order valence-electron chi connectivity index (χ3n) is 4.20. The number of hydrogen-bond acceptors (Lipinski definition) is 4. The highest BCUT2D eigenvalue weighted by Crippen LogP contribution is 2.29. The molecule has 1 amide bonds. The highest BCUT2D eigenvalue weighted by atomic mass is 16.5. The number of carbonyl (C=O) groups excluding carboxylic acids is 2. The fraction of sp³-hybridized carbons (Fsp3) is 0.846. The van der Waals surface area contributed by atoms with Crippen LogP contribution in [-0.2, 0) is 14.3 Å². The molecule has 1 unspecified atom stereocenters. The van der Waals surface area contributed by atoms with Gasteiger partial charge < -0.3 is 15.0 Å². The van der Waals surface area contributed by atoms with Crippen molar-refractivity contribution >= 4 is 11.9 Å². The molecule has 0 aromatic heterocycles. The Morgan fingerprint density at radius 2 is 2.00 bits per heavy atom. The van der Waals surface area contributed by atoms with E-state index in [-0.39, 0.29) is 23.2 Å². The van der Waals surface area contributed by atoms with E-state index in [1.807, 2.05) is 11.8 Å². The smallest absolute Gasteiger partial charge is 0.308 e. The minimum Gasteiger partial charge on any atom is -0.469 e. The van der Waals surface area contributed by atoms with Gasteiger partial charge in [0.2, 0.25) is 5.91 Å². The summed E-state index contributed by atoms with van der Waals surface area (Å²) in [5.74, 6) is 0.0558. The number of hydrogen-bond donors (Lipinski definition) is 1. The summed E-state index contributed by atoms with van der Waals surface area (Å²) >= 11 is 0. The van der Waals surface area contributed by atoms with Crippen LogP contribution in [0.3, 0.4) is 0 Å². The van der Waals surface area contributed by atoms with Crippen LogP contribution in [0.15, 0.2) is 0 Å². The van der Waals surface area contributed by atoms with Gasteiger partial charge in [0.05, 0.1) is 18.4 Å². The quantitative estimate of drug-likeness (QED) is 0.725. The molecule has 18 heavy (non-hydrogen) atoms. The second kappa shape index (κ2) is 5.26. The Morgan fingerprint density at radius 1 is 1.33 bits per heavy atom. The van der Waals surface area contributed by atoms with Gasteiger partial charge in [-0.15, -0.1) is 0 Å². The van der Waals surface area contributed by atoms with E-state index in [1.54, 1.807) is 0 Å². The summed E-state index contributed by atoms with van der Waals surface area (Å²) in [7, 11) is 1.42. The lowest BCUT2D eigenvalue weighted by Crippen LogP contribution is -2.47. The summed E-state index contributed by atoms with van der Waals surface area (Å²) in [4.78, 5) is 25.8. The summed E-state index contributed by atoms with van der Waals surface area (Å²) in [5.41, 5.74) is -0.252. The maximum atomic E-state index is 12.4. The Morgan fingerprint density at radius 3 is 2.50 bits per heavy atom. The van der Waals surface area contributed by atoms with Crippen molar-refractivity contribution in [1.29, 1.82) is 0 Å². The number of piperidine rings is 1. The van der Waals surface area contributed by atoms with Crippen molar-refractivity contribution in [2.75, 3.05) is 33.3 Å². The largest absolute Gasteiger partial charge is 0.469 e. The third kappa shape index (κ3) is 2.51. The van der Waals surface area contributed by atoms with Crippen molar-refractivity contribution in [2.45, 2.75) is 26.2 Å². The molecule has 2 aliphatic rings. The maximum absolute atomic E-state index is 12.4. The van der Waals surface area contributed by atoms with Crippen LogP contribution < -0.4 is 5.32 Å². The summed E-state index contributed by atoms with van der Waals surface area (Å²) in [6.07, 6.45) is 2.35. The van der Waals surface area contributed by atoms with Crippen LogP contribution >= 0.6 is 0 Å². The number of nitrogens with zero attached hydrogens (tertiary/aromatic N) is 1. The summed E-state index contributed by atoms with van der Waals surface area (Å²) in [6, 6.07) is 0. The topological polar surface area (TPSA) is 58.6 Å². The predicted octanol–water partition coefficient (Wildman–Crippen LogP) is 0.398. The first-order valence-corrected chi connectivity index (χ1v) is 6.65. The van der Waals surface area contributed by atoms with Crippen LogP contribution in [-0.4, -0.2) is 50.1 Å². The lowest BCUT2D eigenvalue weighted by molar-refractivity contribution is -0.150. The molecule has 0 spiro atoms. The van der Waals surface area contributed by atoms with Crippen molar-refractivity contribution in [3.8, 4) is 0 Å². The van der Waals surface area contributed by atoms with Crippen molar-refractivity contribution in [3.63, 3.8) is 0 Å². The average Bonchev–Trinajstić information content (AvgIpc) is 2.85. The normalized spacial score (nSPS) is 29.3. The zero-order valence-electron chi connectivity index (χ0n) is 11.2. The van der Waals surface area contributed by atoms with Crippen molar-refractivity contribution in [2.24, 2.45) is 11.3 Å². The molecule has 2 aliphatic heterocycles. The van der Waals surface area contributed by atoms with Crippen molar-refractivity contribution < 1.29 is 14.3 Å². The Labute approximate surface area is 108 Å². The van der Waals surface area contributed by atoms with E-state index in [1.165, 1.54) is 7.11 Å². The molecule has 0 bridgehead atoms. The molecule has 5 heteroatoms. The van der Waals surface area contributed by atoms with E-state index in [2.05, 4.69) is 5.32 Å². The van der Waals surface area contributed by atoms with Crippen LogP contribution in [0.25, 0.3) is 0 Å². The zero-order valence-corrected chi connectivity index (χ0v) is 11.2. The Bertz CT molecular complexity index is 329. The van der Waals surface area contributed by atoms with Gasteiger partial charge in [-0.3, -0.25) is 9.59 Å².